The number of furan rings is 1. The third kappa shape index (κ3) is 3.14. The highest BCUT2D eigenvalue weighted by Crippen LogP contribution is 2.13. The predicted molar refractivity (Wildman–Crippen MR) is 82.3 cm³/mol. The number of carbonyl (C=O) groups is 2. The molecule has 24 heavy (non-hydrogen) atoms. The number of hydrazine groups is 1. The van der Waals surface area contributed by atoms with Gasteiger partial charge in [-0.05, 0) is 54.6 Å². The molecular formula is C15H14N6O3. The quantitative estimate of drug-likeness (QED) is 0.692. The first kappa shape index (κ1) is 15.4. The maximum absolute atomic E-state index is 12.1. The van der Waals surface area contributed by atoms with Gasteiger partial charge in [-0.15, -0.1) is 5.10 Å². The number of hydrogen-bond acceptors (Lipinski definition) is 6. The van der Waals surface area contributed by atoms with Crippen molar-refractivity contribution in [1.29, 1.82) is 0 Å². The van der Waals surface area contributed by atoms with E-state index in [0.29, 0.717) is 28.3 Å². The molecule has 9 nitrogen and oxygen atoms in total. The van der Waals surface area contributed by atoms with Gasteiger partial charge in [0.05, 0.1) is 11.3 Å². The van der Waals surface area contributed by atoms with Crippen molar-refractivity contribution in [2.24, 2.45) is 0 Å². The molecule has 3 aromatic rings. The number of benzene rings is 1. The van der Waals surface area contributed by atoms with Crippen LogP contribution in [0.2, 0.25) is 0 Å². The van der Waals surface area contributed by atoms with Crippen molar-refractivity contribution in [3.8, 4) is 5.69 Å². The summed E-state index contributed by atoms with van der Waals surface area (Å²) in [5.74, 6) is 0.236. The Kier molecular flexibility index (Phi) is 4.06. The third-order valence-corrected chi connectivity index (χ3v) is 3.32. The van der Waals surface area contributed by atoms with Gasteiger partial charge in [0.1, 0.15) is 17.8 Å². The number of aromatic nitrogens is 4. The number of nitrogens with zero attached hydrogens (tertiary/aromatic N) is 4. The lowest BCUT2D eigenvalue weighted by Gasteiger charge is -2.07. The van der Waals surface area contributed by atoms with E-state index in [1.807, 2.05) is 0 Å². The van der Waals surface area contributed by atoms with E-state index in [1.165, 1.54) is 11.0 Å². The van der Waals surface area contributed by atoms with Crippen LogP contribution in [0.15, 0.2) is 41.1 Å². The maximum atomic E-state index is 12.1. The highest BCUT2D eigenvalue weighted by molar-refractivity contribution is 5.99. The Bertz CT molecular complexity index is 867. The van der Waals surface area contributed by atoms with Crippen molar-refractivity contribution in [3.63, 3.8) is 0 Å². The average molecular weight is 326 g/mol. The van der Waals surface area contributed by atoms with Crippen LogP contribution in [0.25, 0.3) is 5.69 Å². The summed E-state index contributed by atoms with van der Waals surface area (Å²) >= 11 is 0. The highest BCUT2D eigenvalue weighted by Gasteiger charge is 2.14. The molecule has 2 amide bonds. The number of nitrogens with one attached hydrogen (secondary N) is 2. The molecule has 3 rings (SSSR count). The number of hydrogen-bond donors (Lipinski definition) is 2. The number of aryl methyl sites for hydroxylation is 2. The molecule has 0 bridgehead atoms. The van der Waals surface area contributed by atoms with Gasteiger partial charge in [-0.2, -0.15) is 0 Å². The summed E-state index contributed by atoms with van der Waals surface area (Å²) in [7, 11) is 0. The summed E-state index contributed by atoms with van der Waals surface area (Å²) in [4.78, 5) is 24.1. The molecule has 2 heterocycles. The van der Waals surface area contributed by atoms with Crippen molar-refractivity contribution >= 4 is 11.8 Å². The Balaban J connectivity index is 1.63. The van der Waals surface area contributed by atoms with Gasteiger partial charge in [0.2, 0.25) is 0 Å². The summed E-state index contributed by atoms with van der Waals surface area (Å²) in [6, 6.07) is 8.20. The Hall–Kier alpha value is -3.49. The van der Waals surface area contributed by atoms with Gasteiger partial charge in [-0.1, -0.05) is 0 Å². The lowest BCUT2D eigenvalue weighted by atomic mass is 10.2. The second kappa shape index (κ2) is 6.32. The Morgan fingerprint density at radius 1 is 1.08 bits per heavy atom. The summed E-state index contributed by atoms with van der Waals surface area (Å²) in [5, 5.41) is 10.8. The molecule has 0 fully saturated rings. The van der Waals surface area contributed by atoms with Crippen LogP contribution in [0.4, 0.5) is 0 Å². The average Bonchev–Trinajstić information content (AvgIpc) is 3.22. The first-order valence-corrected chi connectivity index (χ1v) is 7.06. The van der Waals surface area contributed by atoms with Gasteiger partial charge in [-0.25, -0.2) is 4.68 Å². The highest BCUT2D eigenvalue weighted by atomic mass is 16.3. The Labute approximate surface area is 136 Å². The van der Waals surface area contributed by atoms with E-state index in [9.17, 15) is 9.59 Å². The lowest BCUT2D eigenvalue weighted by Crippen LogP contribution is -2.41. The number of carbonyl (C=O) groups excluding carboxylic acids is 2. The van der Waals surface area contributed by atoms with Crippen LogP contribution in [-0.2, 0) is 0 Å². The van der Waals surface area contributed by atoms with Crippen molar-refractivity contribution in [2.45, 2.75) is 13.8 Å². The van der Waals surface area contributed by atoms with Gasteiger partial charge in [0, 0.05) is 5.56 Å². The summed E-state index contributed by atoms with van der Waals surface area (Å²) < 4.78 is 6.75. The lowest BCUT2D eigenvalue weighted by molar-refractivity contribution is 0.0845. The smallest absolute Gasteiger partial charge is 0.273 e. The molecule has 1 aromatic carbocycles. The van der Waals surface area contributed by atoms with E-state index in [1.54, 1.807) is 44.2 Å². The Morgan fingerprint density at radius 3 is 2.38 bits per heavy atom. The second-order valence-corrected chi connectivity index (χ2v) is 5.04. The monoisotopic (exact) mass is 326 g/mol. The van der Waals surface area contributed by atoms with Crippen LogP contribution in [0.3, 0.4) is 0 Å². The zero-order valence-corrected chi connectivity index (χ0v) is 13.0. The molecule has 0 saturated carbocycles. The van der Waals surface area contributed by atoms with E-state index in [4.69, 9.17) is 4.42 Å². The van der Waals surface area contributed by atoms with Crippen molar-refractivity contribution in [2.75, 3.05) is 0 Å². The normalized spacial score (nSPS) is 10.4. The summed E-state index contributed by atoms with van der Waals surface area (Å²) in [6.07, 6.45) is 1.45. The van der Waals surface area contributed by atoms with Gasteiger partial charge in [0.25, 0.3) is 11.8 Å². The van der Waals surface area contributed by atoms with Gasteiger partial charge in [-0.3, -0.25) is 20.4 Å². The van der Waals surface area contributed by atoms with Crippen LogP contribution in [0.5, 0.6) is 0 Å². The van der Waals surface area contributed by atoms with E-state index in [-0.39, 0.29) is 0 Å². The van der Waals surface area contributed by atoms with Crippen molar-refractivity contribution in [3.05, 3.63) is 59.3 Å². The SMILES string of the molecule is Cc1cc(C(=O)NNC(=O)c2ccc(-n3cnnn3)cc2)c(C)o1. The molecular weight excluding hydrogens is 312 g/mol. The Morgan fingerprint density at radius 2 is 1.79 bits per heavy atom. The zero-order chi connectivity index (χ0) is 17.1. The molecule has 0 saturated heterocycles. The molecule has 0 radical (unpaired) electrons. The fraction of sp³-hybridized carbons (Fsp3) is 0.133. The van der Waals surface area contributed by atoms with Gasteiger partial charge in [0.15, 0.2) is 0 Å². The largest absolute Gasteiger partial charge is 0.466 e. The number of amides is 2. The molecule has 0 aliphatic carbocycles. The minimum atomic E-state index is -0.442. The first-order chi connectivity index (χ1) is 11.5. The molecule has 0 spiro atoms. The molecule has 0 atom stereocenters. The summed E-state index contributed by atoms with van der Waals surface area (Å²) in [5.41, 5.74) is 6.19. The van der Waals surface area contributed by atoms with E-state index in [2.05, 4.69) is 26.4 Å². The zero-order valence-electron chi connectivity index (χ0n) is 13.0. The van der Waals surface area contributed by atoms with Crippen molar-refractivity contribution in [1.82, 2.24) is 31.1 Å². The van der Waals surface area contributed by atoms with E-state index >= 15 is 0 Å². The van der Waals surface area contributed by atoms with Crippen LogP contribution in [0, 0.1) is 13.8 Å². The number of rotatable bonds is 3. The van der Waals surface area contributed by atoms with Crippen LogP contribution >= 0.6 is 0 Å². The topological polar surface area (TPSA) is 115 Å². The fourth-order valence-electron chi connectivity index (χ4n) is 2.15. The standard InChI is InChI=1S/C15H14N6O3/c1-9-7-13(10(2)24-9)15(23)18-17-14(22)11-3-5-12(6-4-11)21-8-16-19-20-21/h3-8H,1-2H3,(H,17,22)(H,18,23). The maximum Gasteiger partial charge on any atom is 0.273 e. The van der Waals surface area contributed by atoms with Crippen molar-refractivity contribution < 1.29 is 14.0 Å². The summed E-state index contributed by atoms with van der Waals surface area (Å²) in [6.45, 7) is 3.43. The third-order valence-electron chi connectivity index (χ3n) is 3.32. The van der Waals surface area contributed by atoms with Crippen LogP contribution < -0.4 is 10.9 Å². The molecule has 0 aliphatic heterocycles. The molecule has 0 unspecified atom stereocenters. The molecule has 0 aliphatic rings. The fourth-order valence-corrected chi connectivity index (χ4v) is 2.15. The second-order valence-electron chi connectivity index (χ2n) is 5.04. The predicted octanol–water partition coefficient (Wildman–Crippen LogP) is 0.947. The van der Waals surface area contributed by atoms with Gasteiger partial charge >= 0.3 is 0 Å². The first-order valence-electron chi connectivity index (χ1n) is 7.06. The van der Waals surface area contributed by atoms with Gasteiger partial charge < -0.3 is 4.42 Å². The molecule has 9 heteroatoms. The minimum Gasteiger partial charge on any atom is -0.466 e. The van der Waals surface area contributed by atoms with Crippen LogP contribution in [0.1, 0.15) is 32.2 Å². The van der Waals surface area contributed by atoms with E-state index < -0.39 is 11.8 Å². The molecule has 2 aromatic heterocycles. The minimum absolute atomic E-state index is 0.377. The number of tetrazole rings is 1. The van der Waals surface area contributed by atoms with Crippen LogP contribution in [-0.4, -0.2) is 32.0 Å². The molecule has 2 N–H and O–H groups in total. The molecule has 122 valence electrons. The van der Waals surface area contributed by atoms with E-state index in [0.717, 1.165) is 0 Å².